The molecule has 0 saturated heterocycles. The Labute approximate surface area is 85.3 Å². The molecule has 0 amide bonds. The Kier molecular flexibility index (Phi) is 3.68. The Balaban J connectivity index is 4.94. The summed E-state index contributed by atoms with van der Waals surface area (Å²) < 4.78 is 4.95. The highest BCUT2D eigenvalue weighted by Gasteiger charge is 2.46. The Morgan fingerprint density at radius 1 is 1.29 bits per heavy atom. The number of carbonyl (C=O) groups is 1. The molecule has 0 rings (SSSR count). The fourth-order valence-electron chi connectivity index (χ4n) is 0.903. The van der Waals surface area contributed by atoms with Crippen LogP contribution in [-0.2, 0) is 9.53 Å². The first-order valence-corrected chi connectivity index (χ1v) is 4.69. The van der Waals surface area contributed by atoms with Crippen molar-refractivity contribution in [1.29, 1.82) is 5.41 Å². The van der Waals surface area contributed by atoms with Crippen LogP contribution < -0.4 is 5.73 Å². The van der Waals surface area contributed by atoms with Gasteiger partial charge in [-0.15, -0.1) is 0 Å². The van der Waals surface area contributed by atoms with Gasteiger partial charge in [-0.3, -0.25) is 10.2 Å². The first-order valence-electron chi connectivity index (χ1n) is 4.69. The van der Waals surface area contributed by atoms with Crippen molar-refractivity contribution in [3.63, 3.8) is 0 Å². The van der Waals surface area contributed by atoms with Gasteiger partial charge < -0.3 is 10.5 Å². The summed E-state index contributed by atoms with van der Waals surface area (Å²) in [6, 6.07) is 0. The van der Waals surface area contributed by atoms with Crippen LogP contribution >= 0.6 is 0 Å². The second-order valence-electron chi connectivity index (χ2n) is 4.38. The molecule has 4 nitrogen and oxygen atoms in total. The molecule has 3 N–H and O–H groups in total. The molecule has 0 saturated carbocycles. The molecule has 0 aliphatic rings. The van der Waals surface area contributed by atoms with Gasteiger partial charge in [0.15, 0.2) is 0 Å². The van der Waals surface area contributed by atoms with Crippen molar-refractivity contribution in [3.05, 3.63) is 0 Å². The van der Waals surface area contributed by atoms with E-state index in [0.717, 1.165) is 0 Å². The average molecular weight is 200 g/mol. The molecule has 82 valence electrons. The van der Waals surface area contributed by atoms with Crippen molar-refractivity contribution in [2.24, 2.45) is 16.6 Å². The van der Waals surface area contributed by atoms with Crippen molar-refractivity contribution in [2.75, 3.05) is 6.61 Å². The van der Waals surface area contributed by atoms with Crippen LogP contribution in [0.15, 0.2) is 0 Å². The smallest absolute Gasteiger partial charge is 0.312 e. The molecule has 0 aromatic rings. The molecule has 0 aromatic carbocycles. The minimum absolute atomic E-state index is 0.00412. The van der Waals surface area contributed by atoms with Crippen molar-refractivity contribution in [2.45, 2.75) is 34.6 Å². The molecule has 0 spiro atoms. The number of rotatable bonds is 4. The standard InChI is InChI=1S/C10H20N2O2/c1-6-14-8(13)10(4,5)9(2,3)7(11)12/h6H2,1-5H3,(H3,11,12). The predicted molar refractivity (Wildman–Crippen MR) is 56.1 cm³/mol. The van der Waals surface area contributed by atoms with Crippen LogP contribution in [0.5, 0.6) is 0 Å². The van der Waals surface area contributed by atoms with Crippen molar-refractivity contribution >= 4 is 11.8 Å². The highest BCUT2D eigenvalue weighted by Crippen LogP contribution is 2.39. The minimum atomic E-state index is -0.783. The lowest BCUT2D eigenvalue weighted by atomic mass is 9.67. The summed E-state index contributed by atoms with van der Waals surface area (Å²) in [6.45, 7) is 9.13. The van der Waals surface area contributed by atoms with Crippen LogP contribution in [0.25, 0.3) is 0 Å². The van der Waals surface area contributed by atoms with Crippen molar-refractivity contribution in [3.8, 4) is 0 Å². The maximum atomic E-state index is 11.6. The summed E-state index contributed by atoms with van der Waals surface area (Å²) in [6.07, 6.45) is 0. The lowest BCUT2D eigenvalue weighted by Crippen LogP contribution is -2.48. The van der Waals surface area contributed by atoms with Crippen LogP contribution in [0.2, 0.25) is 0 Å². The van der Waals surface area contributed by atoms with Gasteiger partial charge in [-0.25, -0.2) is 0 Å². The van der Waals surface area contributed by atoms with E-state index in [9.17, 15) is 4.79 Å². The van der Waals surface area contributed by atoms with Gasteiger partial charge in [0.1, 0.15) is 0 Å². The molecular weight excluding hydrogens is 180 g/mol. The molecule has 0 aliphatic carbocycles. The lowest BCUT2D eigenvalue weighted by molar-refractivity contribution is -0.157. The van der Waals surface area contributed by atoms with Crippen LogP contribution in [-0.4, -0.2) is 18.4 Å². The van der Waals surface area contributed by atoms with E-state index in [4.69, 9.17) is 15.9 Å². The topological polar surface area (TPSA) is 76.2 Å². The summed E-state index contributed by atoms with van der Waals surface area (Å²) in [4.78, 5) is 11.6. The number of ether oxygens (including phenoxy) is 1. The predicted octanol–water partition coefficient (Wildman–Crippen LogP) is 1.54. The van der Waals surface area contributed by atoms with Crippen LogP contribution in [0.1, 0.15) is 34.6 Å². The van der Waals surface area contributed by atoms with Crippen LogP contribution in [0.4, 0.5) is 0 Å². The Morgan fingerprint density at radius 2 is 1.71 bits per heavy atom. The molecular formula is C10H20N2O2. The number of nitrogens with one attached hydrogen (secondary N) is 1. The number of hydrogen-bond donors (Lipinski definition) is 2. The Bertz CT molecular complexity index is 245. The molecule has 0 bridgehead atoms. The van der Waals surface area contributed by atoms with Gasteiger partial charge in [0.25, 0.3) is 0 Å². The summed E-state index contributed by atoms with van der Waals surface area (Å²) >= 11 is 0. The summed E-state index contributed by atoms with van der Waals surface area (Å²) in [7, 11) is 0. The number of hydrogen-bond acceptors (Lipinski definition) is 3. The molecule has 0 heterocycles. The third-order valence-corrected chi connectivity index (χ3v) is 3.02. The lowest BCUT2D eigenvalue weighted by Gasteiger charge is -2.38. The van der Waals surface area contributed by atoms with E-state index in [0.29, 0.717) is 6.61 Å². The first kappa shape index (κ1) is 12.9. The molecule has 0 radical (unpaired) electrons. The molecule has 0 aliphatic heterocycles. The van der Waals surface area contributed by atoms with Gasteiger partial charge in [0, 0.05) is 5.41 Å². The second kappa shape index (κ2) is 3.98. The van der Waals surface area contributed by atoms with Gasteiger partial charge in [-0.2, -0.15) is 0 Å². The number of nitrogens with two attached hydrogens (primary N) is 1. The SMILES string of the molecule is CCOC(=O)C(C)(C)C(C)(C)C(=N)N. The largest absolute Gasteiger partial charge is 0.466 e. The summed E-state index contributed by atoms with van der Waals surface area (Å²) in [5.74, 6) is -0.323. The van der Waals surface area contributed by atoms with Gasteiger partial charge >= 0.3 is 5.97 Å². The average Bonchev–Trinajstić information content (AvgIpc) is 2.04. The van der Waals surface area contributed by atoms with E-state index in [-0.39, 0.29) is 11.8 Å². The second-order valence-corrected chi connectivity index (χ2v) is 4.38. The Hall–Kier alpha value is -1.06. The molecule has 14 heavy (non-hydrogen) atoms. The van der Waals surface area contributed by atoms with Gasteiger partial charge in [-0.1, -0.05) is 13.8 Å². The third kappa shape index (κ3) is 2.05. The monoisotopic (exact) mass is 200 g/mol. The van der Waals surface area contributed by atoms with Crippen molar-refractivity contribution < 1.29 is 9.53 Å². The fraction of sp³-hybridized carbons (Fsp3) is 0.800. The van der Waals surface area contributed by atoms with E-state index < -0.39 is 10.8 Å². The van der Waals surface area contributed by atoms with E-state index in [1.807, 2.05) is 0 Å². The van der Waals surface area contributed by atoms with Crippen LogP contribution in [0.3, 0.4) is 0 Å². The zero-order chi connectivity index (χ0) is 11.6. The first-order chi connectivity index (χ1) is 6.17. The van der Waals surface area contributed by atoms with E-state index in [1.165, 1.54) is 0 Å². The molecule has 0 aromatic heterocycles. The molecule has 4 heteroatoms. The van der Waals surface area contributed by atoms with Gasteiger partial charge in [0.2, 0.25) is 0 Å². The molecule has 0 unspecified atom stereocenters. The molecule has 0 fully saturated rings. The van der Waals surface area contributed by atoms with Gasteiger partial charge in [0.05, 0.1) is 17.9 Å². The minimum Gasteiger partial charge on any atom is -0.466 e. The van der Waals surface area contributed by atoms with Crippen molar-refractivity contribution in [1.82, 2.24) is 0 Å². The number of amidine groups is 1. The Morgan fingerprint density at radius 3 is 2.00 bits per heavy atom. The van der Waals surface area contributed by atoms with E-state index >= 15 is 0 Å². The maximum absolute atomic E-state index is 11.6. The highest BCUT2D eigenvalue weighted by molar-refractivity contribution is 5.90. The van der Waals surface area contributed by atoms with E-state index in [1.54, 1.807) is 34.6 Å². The van der Waals surface area contributed by atoms with Gasteiger partial charge in [-0.05, 0) is 20.8 Å². The van der Waals surface area contributed by atoms with Crippen LogP contribution in [0, 0.1) is 16.2 Å². The maximum Gasteiger partial charge on any atom is 0.312 e. The van der Waals surface area contributed by atoms with E-state index in [2.05, 4.69) is 0 Å². The zero-order valence-electron chi connectivity index (χ0n) is 9.60. The number of esters is 1. The highest BCUT2D eigenvalue weighted by atomic mass is 16.5. The normalized spacial score (nSPS) is 12.4. The number of carbonyl (C=O) groups excluding carboxylic acids is 1. The third-order valence-electron chi connectivity index (χ3n) is 3.02. The molecule has 0 atom stereocenters. The fourth-order valence-corrected chi connectivity index (χ4v) is 0.903. The quantitative estimate of drug-likeness (QED) is 0.410. The summed E-state index contributed by atoms with van der Waals surface area (Å²) in [5, 5.41) is 7.45. The summed E-state index contributed by atoms with van der Waals surface area (Å²) in [5.41, 5.74) is 3.99. The zero-order valence-corrected chi connectivity index (χ0v) is 9.60.